The standard InChI is InChI=1S/C13H14N4O3/c1-10-2-4-11(5-3-10)17(7-13(19)20)12(18)6-16-9-14-8-15-16/h2-5,8-9H,6-7H2,1H3,(H,19,20). The van der Waals surface area contributed by atoms with Gasteiger partial charge in [-0.25, -0.2) is 9.67 Å². The maximum Gasteiger partial charge on any atom is 0.323 e. The first-order valence-corrected chi connectivity index (χ1v) is 5.97. The number of nitrogens with zero attached hydrogens (tertiary/aromatic N) is 4. The molecule has 104 valence electrons. The van der Waals surface area contributed by atoms with Gasteiger partial charge in [-0.3, -0.25) is 14.5 Å². The summed E-state index contributed by atoms with van der Waals surface area (Å²) >= 11 is 0. The molecule has 2 rings (SSSR count). The van der Waals surface area contributed by atoms with Crippen molar-refractivity contribution in [2.24, 2.45) is 0 Å². The van der Waals surface area contributed by atoms with Crippen LogP contribution in [0.25, 0.3) is 0 Å². The number of hydrogen-bond donors (Lipinski definition) is 1. The van der Waals surface area contributed by atoms with Gasteiger partial charge in [0.25, 0.3) is 0 Å². The van der Waals surface area contributed by atoms with Crippen LogP contribution in [0.3, 0.4) is 0 Å². The Kier molecular flexibility index (Phi) is 4.09. The Bertz CT molecular complexity index is 593. The third kappa shape index (κ3) is 3.41. The number of carboxylic acids is 1. The highest BCUT2D eigenvalue weighted by atomic mass is 16.4. The lowest BCUT2D eigenvalue weighted by Crippen LogP contribution is -2.38. The number of anilines is 1. The van der Waals surface area contributed by atoms with Gasteiger partial charge >= 0.3 is 5.97 Å². The second kappa shape index (κ2) is 5.96. The van der Waals surface area contributed by atoms with E-state index in [9.17, 15) is 9.59 Å². The van der Waals surface area contributed by atoms with Crippen LogP contribution >= 0.6 is 0 Å². The van der Waals surface area contributed by atoms with E-state index in [0.717, 1.165) is 5.56 Å². The molecule has 0 aliphatic heterocycles. The maximum absolute atomic E-state index is 12.2. The molecule has 20 heavy (non-hydrogen) atoms. The molecule has 1 aromatic heterocycles. The van der Waals surface area contributed by atoms with Crippen LogP contribution in [0, 0.1) is 6.92 Å². The number of carbonyl (C=O) groups is 2. The van der Waals surface area contributed by atoms with Crippen LogP contribution in [0.1, 0.15) is 5.56 Å². The molecular weight excluding hydrogens is 260 g/mol. The molecule has 0 saturated heterocycles. The topological polar surface area (TPSA) is 88.3 Å². The van der Waals surface area contributed by atoms with Crippen molar-refractivity contribution in [3.8, 4) is 0 Å². The molecule has 0 radical (unpaired) electrons. The van der Waals surface area contributed by atoms with Gasteiger partial charge in [-0.05, 0) is 19.1 Å². The van der Waals surface area contributed by atoms with Crippen molar-refractivity contribution >= 4 is 17.6 Å². The minimum absolute atomic E-state index is 0.0544. The Balaban J connectivity index is 2.20. The Labute approximate surface area is 115 Å². The average molecular weight is 274 g/mol. The van der Waals surface area contributed by atoms with Gasteiger partial charge in [-0.15, -0.1) is 0 Å². The monoisotopic (exact) mass is 274 g/mol. The summed E-state index contributed by atoms with van der Waals surface area (Å²) in [7, 11) is 0. The van der Waals surface area contributed by atoms with Crippen molar-refractivity contribution in [3.05, 3.63) is 42.5 Å². The van der Waals surface area contributed by atoms with Crippen LogP contribution in [0.15, 0.2) is 36.9 Å². The van der Waals surface area contributed by atoms with Crippen LogP contribution in [-0.4, -0.2) is 38.3 Å². The molecule has 1 heterocycles. The molecule has 0 unspecified atom stereocenters. The van der Waals surface area contributed by atoms with Gasteiger partial charge < -0.3 is 5.11 Å². The number of aliphatic carboxylic acids is 1. The molecule has 1 amide bonds. The highest BCUT2D eigenvalue weighted by Gasteiger charge is 2.19. The summed E-state index contributed by atoms with van der Waals surface area (Å²) < 4.78 is 1.35. The fraction of sp³-hybridized carbons (Fsp3) is 0.231. The molecule has 0 fully saturated rings. The van der Waals surface area contributed by atoms with E-state index >= 15 is 0 Å². The van der Waals surface area contributed by atoms with Gasteiger partial charge in [0.1, 0.15) is 25.7 Å². The second-order valence-corrected chi connectivity index (χ2v) is 4.30. The molecule has 2 aromatic rings. The summed E-state index contributed by atoms with van der Waals surface area (Å²) in [4.78, 5) is 28.1. The Hall–Kier alpha value is -2.70. The molecule has 0 bridgehead atoms. The number of amides is 1. The third-order valence-corrected chi connectivity index (χ3v) is 2.70. The lowest BCUT2D eigenvalue weighted by molar-refractivity contribution is -0.136. The predicted molar refractivity (Wildman–Crippen MR) is 71.2 cm³/mol. The smallest absolute Gasteiger partial charge is 0.323 e. The van der Waals surface area contributed by atoms with Crippen LogP contribution in [0.4, 0.5) is 5.69 Å². The van der Waals surface area contributed by atoms with Crippen molar-refractivity contribution in [2.75, 3.05) is 11.4 Å². The second-order valence-electron chi connectivity index (χ2n) is 4.30. The number of benzene rings is 1. The largest absolute Gasteiger partial charge is 0.480 e. The Morgan fingerprint density at radius 1 is 1.30 bits per heavy atom. The van der Waals surface area contributed by atoms with Crippen molar-refractivity contribution in [1.29, 1.82) is 0 Å². The van der Waals surface area contributed by atoms with Crippen LogP contribution < -0.4 is 4.90 Å². The van der Waals surface area contributed by atoms with E-state index in [4.69, 9.17) is 5.11 Å². The van der Waals surface area contributed by atoms with E-state index < -0.39 is 12.5 Å². The highest BCUT2D eigenvalue weighted by Crippen LogP contribution is 2.15. The summed E-state index contributed by atoms with van der Waals surface area (Å²) in [6.07, 6.45) is 2.73. The summed E-state index contributed by atoms with van der Waals surface area (Å²) in [6.45, 7) is 1.47. The fourth-order valence-electron chi connectivity index (χ4n) is 1.72. The lowest BCUT2D eigenvalue weighted by atomic mass is 10.2. The predicted octanol–water partition coefficient (Wildman–Crippen LogP) is 0.704. The number of carboxylic acid groups (broad SMARTS) is 1. The van der Waals surface area contributed by atoms with Gasteiger partial charge in [-0.1, -0.05) is 17.7 Å². The summed E-state index contributed by atoms with van der Waals surface area (Å²) in [5.41, 5.74) is 1.58. The molecule has 7 heteroatoms. The zero-order valence-corrected chi connectivity index (χ0v) is 10.9. The SMILES string of the molecule is Cc1ccc(N(CC(=O)O)C(=O)Cn2cncn2)cc1. The number of hydrogen-bond acceptors (Lipinski definition) is 4. The molecule has 1 N–H and O–H groups in total. The molecule has 0 aliphatic carbocycles. The Morgan fingerprint density at radius 2 is 2.00 bits per heavy atom. The minimum atomic E-state index is -1.07. The fourth-order valence-corrected chi connectivity index (χ4v) is 1.72. The van der Waals surface area contributed by atoms with E-state index in [-0.39, 0.29) is 12.5 Å². The highest BCUT2D eigenvalue weighted by molar-refractivity contribution is 5.97. The first-order valence-electron chi connectivity index (χ1n) is 5.97. The van der Waals surface area contributed by atoms with Crippen LogP contribution in [-0.2, 0) is 16.1 Å². The Morgan fingerprint density at radius 3 is 2.55 bits per heavy atom. The van der Waals surface area contributed by atoms with Crippen LogP contribution in [0.5, 0.6) is 0 Å². The van der Waals surface area contributed by atoms with Crippen molar-refractivity contribution in [2.45, 2.75) is 13.5 Å². The molecule has 0 aliphatic rings. The van der Waals surface area contributed by atoms with Gasteiger partial charge in [0.15, 0.2) is 0 Å². The van der Waals surface area contributed by atoms with Gasteiger partial charge in [0, 0.05) is 5.69 Å². The van der Waals surface area contributed by atoms with E-state index in [1.165, 1.54) is 22.2 Å². The molecule has 0 saturated carbocycles. The number of rotatable bonds is 5. The number of aromatic nitrogens is 3. The molecule has 7 nitrogen and oxygen atoms in total. The zero-order valence-electron chi connectivity index (χ0n) is 10.9. The molecular formula is C13H14N4O3. The van der Waals surface area contributed by atoms with E-state index in [1.54, 1.807) is 12.1 Å². The van der Waals surface area contributed by atoms with Crippen molar-refractivity contribution < 1.29 is 14.7 Å². The average Bonchev–Trinajstić information content (AvgIpc) is 2.89. The first-order chi connectivity index (χ1) is 9.56. The number of carbonyl (C=O) groups excluding carboxylic acids is 1. The quantitative estimate of drug-likeness (QED) is 0.867. The number of aryl methyl sites for hydroxylation is 1. The summed E-state index contributed by atoms with van der Waals surface area (Å²) in [5, 5.41) is 12.8. The normalized spacial score (nSPS) is 10.2. The van der Waals surface area contributed by atoms with Crippen LogP contribution in [0.2, 0.25) is 0 Å². The van der Waals surface area contributed by atoms with Gasteiger partial charge in [0.2, 0.25) is 5.91 Å². The van der Waals surface area contributed by atoms with Gasteiger partial charge in [-0.2, -0.15) is 5.10 Å². The minimum Gasteiger partial charge on any atom is -0.480 e. The third-order valence-electron chi connectivity index (χ3n) is 2.70. The summed E-state index contributed by atoms with van der Waals surface area (Å²) in [5.74, 6) is -1.43. The van der Waals surface area contributed by atoms with Gasteiger partial charge in [0.05, 0.1) is 0 Å². The molecule has 0 spiro atoms. The van der Waals surface area contributed by atoms with E-state index in [1.807, 2.05) is 19.1 Å². The zero-order chi connectivity index (χ0) is 14.5. The first kappa shape index (κ1) is 13.7. The lowest BCUT2D eigenvalue weighted by Gasteiger charge is -2.20. The molecule has 1 aromatic carbocycles. The van der Waals surface area contributed by atoms with Crippen molar-refractivity contribution in [3.63, 3.8) is 0 Å². The maximum atomic E-state index is 12.2. The van der Waals surface area contributed by atoms with Crippen molar-refractivity contribution in [1.82, 2.24) is 14.8 Å². The van der Waals surface area contributed by atoms with E-state index in [2.05, 4.69) is 10.1 Å². The molecule has 0 atom stereocenters. The summed E-state index contributed by atoms with van der Waals surface area (Å²) in [6, 6.07) is 7.09. The van der Waals surface area contributed by atoms with E-state index in [0.29, 0.717) is 5.69 Å².